The van der Waals surface area contributed by atoms with Gasteiger partial charge in [-0.1, -0.05) is 0 Å². The second-order valence-corrected chi connectivity index (χ2v) is 7.64. The highest BCUT2D eigenvalue weighted by molar-refractivity contribution is 5.73. The largest absolute Gasteiger partial charge is 0.382 e. The van der Waals surface area contributed by atoms with Gasteiger partial charge in [0.05, 0.1) is 11.8 Å². The van der Waals surface area contributed by atoms with E-state index >= 15 is 0 Å². The molecule has 0 radical (unpaired) electrons. The molecule has 9 nitrogen and oxygen atoms in total. The summed E-state index contributed by atoms with van der Waals surface area (Å²) < 4.78 is 7.25. The van der Waals surface area contributed by atoms with Gasteiger partial charge in [-0.2, -0.15) is 0 Å². The summed E-state index contributed by atoms with van der Waals surface area (Å²) in [5, 5.41) is 5.90. The van der Waals surface area contributed by atoms with Gasteiger partial charge in [0.15, 0.2) is 5.82 Å². The van der Waals surface area contributed by atoms with Gasteiger partial charge in [-0.05, 0) is 51.2 Å². The molecule has 0 saturated carbocycles. The Labute approximate surface area is 176 Å². The molecule has 0 bridgehead atoms. The zero-order valence-electron chi connectivity index (χ0n) is 17.8. The number of carbonyl (C=O) groups is 1. The fourth-order valence-corrected chi connectivity index (χ4v) is 3.58. The lowest BCUT2D eigenvalue weighted by Gasteiger charge is -2.22. The van der Waals surface area contributed by atoms with Crippen molar-refractivity contribution in [1.82, 2.24) is 19.9 Å². The number of amides is 1. The number of hydrogen-bond donors (Lipinski definition) is 3. The molecule has 2 aromatic heterocycles. The molecule has 1 unspecified atom stereocenters. The standard InChI is InChI=1S/C21H30N6O3/c1-13-11-25-20(23-8-7-17-6-4-5-9-30-17)21(29)27(13)18-10-16(12-24-15(3)28)14(2)26-19(18)22/h10-11,17H,4-9,12H2,1-3H3,(H2,22,26)(H,23,25)(H,24,28). The number of nitrogens with zero attached hydrogens (tertiary/aromatic N) is 3. The van der Waals surface area contributed by atoms with Crippen LogP contribution >= 0.6 is 0 Å². The monoisotopic (exact) mass is 414 g/mol. The summed E-state index contributed by atoms with van der Waals surface area (Å²) in [7, 11) is 0. The van der Waals surface area contributed by atoms with Crippen molar-refractivity contribution in [3.8, 4) is 5.69 Å². The summed E-state index contributed by atoms with van der Waals surface area (Å²) >= 11 is 0. The number of nitrogen functional groups attached to an aromatic ring is 1. The molecule has 4 N–H and O–H groups in total. The smallest absolute Gasteiger partial charge is 0.298 e. The quantitative estimate of drug-likeness (QED) is 0.631. The van der Waals surface area contributed by atoms with Gasteiger partial charge in [0, 0.05) is 44.2 Å². The zero-order valence-corrected chi connectivity index (χ0v) is 17.8. The Morgan fingerprint density at radius 1 is 1.37 bits per heavy atom. The number of nitrogens with one attached hydrogen (secondary N) is 2. The van der Waals surface area contributed by atoms with E-state index < -0.39 is 0 Å². The van der Waals surface area contributed by atoms with Gasteiger partial charge in [0.2, 0.25) is 5.91 Å². The molecule has 0 aromatic carbocycles. The lowest BCUT2D eigenvalue weighted by atomic mass is 10.1. The first-order chi connectivity index (χ1) is 14.4. The van der Waals surface area contributed by atoms with Crippen molar-refractivity contribution in [1.29, 1.82) is 0 Å². The molecular formula is C21H30N6O3. The molecule has 30 heavy (non-hydrogen) atoms. The molecule has 1 amide bonds. The van der Waals surface area contributed by atoms with Crippen molar-refractivity contribution in [2.75, 3.05) is 24.2 Å². The van der Waals surface area contributed by atoms with E-state index in [1.165, 1.54) is 17.9 Å². The Bertz CT molecular complexity index is 966. The maximum Gasteiger partial charge on any atom is 0.298 e. The predicted octanol–water partition coefficient (Wildman–Crippen LogP) is 1.83. The van der Waals surface area contributed by atoms with E-state index in [4.69, 9.17) is 10.5 Å². The molecule has 0 spiro atoms. The molecule has 3 heterocycles. The van der Waals surface area contributed by atoms with Gasteiger partial charge in [-0.25, -0.2) is 9.97 Å². The predicted molar refractivity (Wildman–Crippen MR) is 116 cm³/mol. The average Bonchev–Trinajstić information content (AvgIpc) is 2.71. The Morgan fingerprint density at radius 2 is 2.17 bits per heavy atom. The van der Waals surface area contributed by atoms with E-state index in [0.29, 0.717) is 30.2 Å². The highest BCUT2D eigenvalue weighted by atomic mass is 16.5. The van der Waals surface area contributed by atoms with E-state index in [0.717, 1.165) is 31.4 Å². The summed E-state index contributed by atoms with van der Waals surface area (Å²) in [6, 6.07) is 1.79. The topological polar surface area (TPSA) is 124 Å². The molecule has 1 saturated heterocycles. The van der Waals surface area contributed by atoms with Gasteiger partial charge in [-0.15, -0.1) is 0 Å². The Balaban J connectivity index is 1.84. The van der Waals surface area contributed by atoms with Crippen LogP contribution in [0.5, 0.6) is 0 Å². The van der Waals surface area contributed by atoms with Gasteiger partial charge in [0.1, 0.15) is 5.82 Å². The van der Waals surface area contributed by atoms with E-state index in [1.54, 1.807) is 19.2 Å². The van der Waals surface area contributed by atoms with Crippen molar-refractivity contribution in [3.63, 3.8) is 0 Å². The fraction of sp³-hybridized carbons (Fsp3) is 0.524. The van der Waals surface area contributed by atoms with Gasteiger partial charge < -0.3 is 21.1 Å². The molecule has 0 aliphatic carbocycles. The van der Waals surface area contributed by atoms with Crippen LogP contribution in [-0.4, -0.2) is 39.7 Å². The van der Waals surface area contributed by atoms with Crippen molar-refractivity contribution in [2.24, 2.45) is 0 Å². The number of anilines is 2. The maximum atomic E-state index is 13.1. The van der Waals surface area contributed by atoms with E-state index in [1.807, 2.05) is 6.92 Å². The fourth-order valence-electron chi connectivity index (χ4n) is 3.58. The Hall–Kier alpha value is -2.94. The first-order valence-corrected chi connectivity index (χ1v) is 10.3. The molecule has 3 rings (SSSR count). The van der Waals surface area contributed by atoms with Crippen LogP contribution in [0.1, 0.15) is 49.6 Å². The van der Waals surface area contributed by atoms with Crippen molar-refractivity contribution >= 4 is 17.5 Å². The third-order valence-corrected chi connectivity index (χ3v) is 5.27. The van der Waals surface area contributed by atoms with Crippen molar-refractivity contribution in [2.45, 2.75) is 59.1 Å². The summed E-state index contributed by atoms with van der Waals surface area (Å²) in [5.74, 6) is 0.371. The number of rotatable bonds is 7. The molecule has 1 aliphatic rings. The molecule has 1 aliphatic heterocycles. The number of aromatic nitrogens is 3. The van der Waals surface area contributed by atoms with Crippen LogP contribution in [-0.2, 0) is 16.1 Å². The van der Waals surface area contributed by atoms with Gasteiger partial charge >= 0.3 is 0 Å². The number of aryl methyl sites for hydroxylation is 2. The zero-order chi connectivity index (χ0) is 21.7. The van der Waals surface area contributed by atoms with Crippen LogP contribution < -0.4 is 21.9 Å². The minimum Gasteiger partial charge on any atom is -0.382 e. The van der Waals surface area contributed by atoms with Crippen LogP contribution in [0.2, 0.25) is 0 Å². The number of carbonyl (C=O) groups excluding carboxylic acids is 1. The van der Waals surface area contributed by atoms with Crippen molar-refractivity contribution < 1.29 is 9.53 Å². The molecule has 1 atom stereocenters. The van der Waals surface area contributed by atoms with Gasteiger partial charge in [-0.3, -0.25) is 14.2 Å². The third-order valence-electron chi connectivity index (χ3n) is 5.27. The van der Waals surface area contributed by atoms with E-state index in [2.05, 4.69) is 20.6 Å². The maximum absolute atomic E-state index is 13.1. The lowest BCUT2D eigenvalue weighted by molar-refractivity contribution is -0.119. The van der Waals surface area contributed by atoms with Crippen LogP contribution in [0, 0.1) is 13.8 Å². The first-order valence-electron chi connectivity index (χ1n) is 10.3. The second kappa shape index (κ2) is 9.71. The second-order valence-electron chi connectivity index (χ2n) is 7.64. The Kier molecular flexibility index (Phi) is 7.04. The van der Waals surface area contributed by atoms with Crippen LogP contribution in [0.15, 0.2) is 17.1 Å². The van der Waals surface area contributed by atoms with E-state index in [-0.39, 0.29) is 29.2 Å². The molecular weight excluding hydrogens is 384 g/mol. The Morgan fingerprint density at radius 3 is 2.87 bits per heavy atom. The van der Waals surface area contributed by atoms with E-state index in [9.17, 15) is 9.59 Å². The summed E-state index contributed by atoms with van der Waals surface area (Å²) in [4.78, 5) is 33.1. The van der Waals surface area contributed by atoms with Crippen molar-refractivity contribution in [3.05, 3.63) is 39.6 Å². The summed E-state index contributed by atoms with van der Waals surface area (Å²) in [6.45, 7) is 6.79. The summed E-state index contributed by atoms with van der Waals surface area (Å²) in [5.41, 5.74) is 8.48. The van der Waals surface area contributed by atoms with Gasteiger partial charge in [0.25, 0.3) is 5.56 Å². The highest BCUT2D eigenvalue weighted by Crippen LogP contribution is 2.20. The average molecular weight is 415 g/mol. The molecule has 2 aromatic rings. The minimum absolute atomic E-state index is 0.140. The summed E-state index contributed by atoms with van der Waals surface area (Å²) in [6.07, 6.45) is 6.03. The van der Waals surface area contributed by atoms with Crippen LogP contribution in [0.25, 0.3) is 5.69 Å². The van der Waals surface area contributed by atoms with Crippen LogP contribution in [0.4, 0.5) is 11.6 Å². The number of hydrogen-bond acceptors (Lipinski definition) is 7. The number of ether oxygens (including phenoxy) is 1. The molecule has 9 heteroatoms. The number of pyridine rings is 1. The lowest BCUT2D eigenvalue weighted by Crippen LogP contribution is -2.28. The first kappa shape index (κ1) is 21.8. The third kappa shape index (κ3) is 5.15. The normalized spacial score (nSPS) is 16.3. The minimum atomic E-state index is -0.289. The van der Waals surface area contributed by atoms with Crippen LogP contribution in [0.3, 0.4) is 0 Å². The SMILES string of the molecule is CC(=O)NCc1cc(-n2c(C)cnc(NCCC3CCCCO3)c2=O)c(N)nc1C. The molecule has 162 valence electrons. The molecule has 1 fully saturated rings. The number of nitrogens with two attached hydrogens (primary N) is 1. The highest BCUT2D eigenvalue weighted by Gasteiger charge is 2.17.